The van der Waals surface area contributed by atoms with Crippen molar-refractivity contribution < 1.29 is 32.5 Å². The summed E-state index contributed by atoms with van der Waals surface area (Å²) in [7, 11) is -4.38. The Bertz CT molecular complexity index is 1310. The number of hydrogen-bond acceptors (Lipinski definition) is 6. The molecule has 1 N–H and O–H groups in total. The van der Waals surface area contributed by atoms with Crippen molar-refractivity contribution in [3.63, 3.8) is 0 Å². The maximum Gasteiger partial charge on any atom is 0.527 e. The van der Waals surface area contributed by atoms with E-state index in [0.717, 1.165) is 24.2 Å². The van der Waals surface area contributed by atoms with Crippen LogP contribution in [0.3, 0.4) is 0 Å². The molecule has 3 rings (SSSR count). The van der Waals surface area contributed by atoms with Crippen LogP contribution in [0, 0.1) is 5.92 Å². The van der Waals surface area contributed by atoms with E-state index in [-0.39, 0.29) is 19.0 Å². The molecule has 0 radical (unpaired) electrons. The number of hydrogen-bond donors (Lipinski definition) is 1. The van der Waals surface area contributed by atoms with E-state index >= 15 is 0 Å². The lowest BCUT2D eigenvalue weighted by Crippen LogP contribution is -2.36. The van der Waals surface area contributed by atoms with Crippen molar-refractivity contribution in [1.29, 1.82) is 0 Å². The van der Waals surface area contributed by atoms with Gasteiger partial charge < -0.3 is 14.0 Å². The minimum atomic E-state index is -4.38. The fraction of sp³-hybridized carbons (Fsp3) is 0.615. The number of aromatic nitrogens is 1. The predicted molar refractivity (Wildman–Crippen MR) is 197 cm³/mol. The first-order valence-corrected chi connectivity index (χ1v) is 20.7. The number of phosphoric ester groups is 1. The molecule has 48 heavy (non-hydrogen) atoms. The van der Waals surface area contributed by atoms with Crippen molar-refractivity contribution in [3.05, 3.63) is 76.2 Å². The Labute approximate surface area is 294 Å². The van der Waals surface area contributed by atoms with Crippen molar-refractivity contribution >= 4 is 19.2 Å². The molecular formula is C39H61NO6PS+. The van der Waals surface area contributed by atoms with E-state index in [4.69, 9.17) is 18.5 Å². The summed E-state index contributed by atoms with van der Waals surface area (Å²) in [5, 5.41) is 3.38. The molecule has 7 nitrogen and oxygen atoms in total. The number of rotatable bonds is 27. The molecule has 0 spiro atoms. The molecule has 0 amide bonds. The molecule has 2 aromatic carbocycles. The zero-order valence-electron chi connectivity index (χ0n) is 29.9. The lowest BCUT2D eigenvalue weighted by molar-refractivity contribution is -0.690. The van der Waals surface area contributed by atoms with E-state index < -0.39 is 13.9 Å². The topological polar surface area (TPSA) is 78.1 Å². The van der Waals surface area contributed by atoms with Crippen LogP contribution in [-0.2, 0) is 33.2 Å². The molecule has 0 saturated carbocycles. The number of nitrogens with zero attached hydrogens (tertiary/aromatic N) is 1. The van der Waals surface area contributed by atoms with Crippen molar-refractivity contribution in [1.82, 2.24) is 0 Å². The second-order valence-electron chi connectivity index (χ2n) is 13.2. The molecule has 3 aromatic rings. The Morgan fingerprint density at radius 3 is 2.12 bits per heavy atom. The van der Waals surface area contributed by atoms with Gasteiger partial charge in [0.1, 0.15) is 24.2 Å². The van der Waals surface area contributed by atoms with Crippen molar-refractivity contribution in [2.75, 3.05) is 19.8 Å². The van der Waals surface area contributed by atoms with Gasteiger partial charge in [-0.3, -0.25) is 9.42 Å². The number of unbranched alkanes of at least 4 members (excludes halogenated alkanes) is 11. The van der Waals surface area contributed by atoms with E-state index in [2.05, 4.69) is 49.0 Å². The molecule has 1 heterocycles. The van der Waals surface area contributed by atoms with Crippen molar-refractivity contribution in [3.8, 4) is 11.5 Å². The first kappa shape index (κ1) is 40.2. The molecule has 0 saturated heterocycles. The molecule has 0 fully saturated rings. The highest BCUT2D eigenvalue weighted by atomic mass is 32.1. The third-order valence-electron chi connectivity index (χ3n) is 8.32. The summed E-state index contributed by atoms with van der Waals surface area (Å²) in [4.78, 5) is 10.5. The highest BCUT2D eigenvalue weighted by Gasteiger charge is 2.26. The molecule has 2 unspecified atom stereocenters. The maximum absolute atomic E-state index is 12.8. The molecule has 268 valence electrons. The van der Waals surface area contributed by atoms with Crippen molar-refractivity contribution in [2.24, 2.45) is 5.92 Å². The highest BCUT2D eigenvalue weighted by molar-refractivity contribution is 7.47. The first-order valence-electron chi connectivity index (χ1n) is 18.3. The molecule has 9 heteroatoms. The average molecular weight is 703 g/mol. The minimum Gasteiger partial charge on any atom is -0.491 e. The Morgan fingerprint density at radius 1 is 0.812 bits per heavy atom. The van der Waals surface area contributed by atoms with Gasteiger partial charge in [-0.25, -0.2) is 4.57 Å². The first-order chi connectivity index (χ1) is 23.3. The van der Waals surface area contributed by atoms with E-state index in [9.17, 15) is 9.46 Å². The van der Waals surface area contributed by atoms with Crippen LogP contribution in [-0.4, -0.2) is 30.8 Å². The largest absolute Gasteiger partial charge is 0.527 e. The zero-order valence-corrected chi connectivity index (χ0v) is 31.7. The summed E-state index contributed by atoms with van der Waals surface area (Å²) in [5.74, 6) is 1.58. The van der Waals surface area contributed by atoms with E-state index in [0.29, 0.717) is 19.1 Å². The maximum atomic E-state index is 12.8. The second-order valence-corrected chi connectivity index (χ2v) is 15.6. The zero-order chi connectivity index (χ0) is 34.5. The molecule has 0 aliphatic heterocycles. The summed E-state index contributed by atoms with van der Waals surface area (Å²) < 4.78 is 37.5. The predicted octanol–water partition coefficient (Wildman–Crippen LogP) is 10.5. The summed E-state index contributed by atoms with van der Waals surface area (Å²) >= 11 is 1.74. The number of ether oxygens (including phenoxy) is 2. The van der Waals surface area contributed by atoms with Gasteiger partial charge in [0.05, 0.1) is 12.0 Å². The number of benzene rings is 2. The van der Waals surface area contributed by atoms with Gasteiger partial charge in [0.25, 0.3) is 0 Å². The van der Waals surface area contributed by atoms with Crippen LogP contribution < -0.4 is 13.8 Å². The SMILES string of the molecule is CCCCCCCCCCCCCCc1ccc(OCC(COP(=O)(O)Oc2cccc(C[n+]3ccsc3CC(C)C)c2)OCC)cc1. The van der Waals surface area contributed by atoms with Crippen LogP contribution in [0.15, 0.2) is 60.1 Å². The van der Waals surface area contributed by atoms with Gasteiger partial charge in [0.2, 0.25) is 5.01 Å². The fourth-order valence-electron chi connectivity index (χ4n) is 5.71. The molecular weight excluding hydrogens is 641 g/mol. The molecule has 0 aliphatic rings. The number of aryl methyl sites for hydroxylation is 1. The highest BCUT2D eigenvalue weighted by Crippen LogP contribution is 2.44. The fourth-order valence-corrected chi connectivity index (χ4v) is 7.56. The quantitative estimate of drug-likeness (QED) is 0.0484. The Kier molecular flexibility index (Phi) is 19.5. The van der Waals surface area contributed by atoms with Gasteiger partial charge in [-0.2, -0.15) is 4.57 Å². The minimum absolute atomic E-state index is 0.137. The Balaban J connectivity index is 1.35. The second kappa shape index (κ2) is 23.2. The Hall–Kier alpha value is -2.22. The van der Waals surface area contributed by atoms with Gasteiger partial charge in [0.15, 0.2) is 12.7 Å². The van der Waals surface area contributed by atoms with Gasteiger partial charge in [-0.05, 0) is 55.5 Å². The van der Waals surface area contributed by atoms with Crippen LogP contribution >= 0.6 is 19.2 Å². The van der Waals surface area contributed by atoms with E-state index in [1.807, 2.05) is 31.2 Å². The lowest BCUT2D eigenvalue weighted by Gasteiger charge is -2.20. The third-order valence-corrected chi connectivity index (χ3v) is 10.2. The molecule has 1 aromatic heterocycles. The summed E-state index contributed by atoms with van der Waals surface area (Å²) in [6, 6.07) is 15.4. The number of thiazole rings is 1. The lowest BCUT2D eigenvalue weighted by atomic mass is 10.0. The van der Waals surface area contributed by atoms with Crippen LogP contribution in [0.25, 0.3) is 0 Å². The molecule has 0 bridgehead atoms. The smallest absolute Gasteiger partial charge is 0.491 e. The number of phosphoric acid groups is 1. The average Bonchev–Trinajstić information content (AvgIpc) is 3.48. The Morgan fingerprint density at radius 2 is 1.48 bits per heavy atom. The molecule has 0 aliphatic carbocycles. The van der Waals surface area contributed by atoms with E-state index in [1.165, 1.54) is 87.6 Å². The third kappa shape index (κ3) is 16.9. The normalized spacial score (nSPS) is 13.5. The van der Waals surface area contributed by atoms with Crippen molar-refractivity contribution in [2.45, 2.75) is 130 Å². The van der Waals surface area contributed by atoms with Crippen LogP contribution in [0.5, 0.6) is 11.5 Å². The van der Waals surface area contributed by atoms with Gasteiger partial charge in [-0.15, -0.1) is 0 Å². The van der Waals surface area contributed by atoms with Crippen LogP contribution in [0.1, 0.15) is 121 Å². The van der Waals surface area contributed by atoms with Crippen LogP contribution in [0.4, 0.5) is 0 Å². The van der Waals surface area contributed by atoms with Gasteiger partial charge in [-0.1, -0.05) is 127 Å². The summed E-state index contributed by atoms with van der Waals surface area (Å²) in [5.41, 5.74) is 2.29. The summed E-state index contributed by atoms with van der Waals surface area (Å²) in [6.07, 6.45) is 19.9. The summed E-state index contributed by atoms with van der Waals surface area (Å²) in [6.45, 7) is 9.69. The van der Waals surface area contributed by atoms with Crippen LogP contribution in [0.2, 0.25) is 0 Å². The van der Waals surface area contributed by atoms with E-state index in [1.54, 1.807) is 23.5 Å². The monoisotopic (exact) mass is 702 g/mol. The molecule has 2 atom stereocenters. The van der Waals surface area contributed by atoms with Gasteiger partial charge >= 0.3 is 7.82 Å². The van der Waals surface area contributed by atoms with Gasteiger partial charge in [0, 0.05) is 18.6 Å². The standard InChI is InChI=1S/C39H60NO6PS/c1-5-7-8-9-10-11-12-13-14-15-16-17-19-34-22-24-36(25-23-34)44-31-38(43-6-2)32-45-47(41,42)46-37-21-18-20-35(29-37)30-40-26-27-48-39(40)28-33(3)4/h18,20-27,29,33,38H,5-17,19,28,30-32H2,1-4H3/p+1.